The van der Waals surface area contributed by atoms with Crippen LogP contribution in [0.15, 0.2) is 48.5 Å². The molecular weight excluding hydrogens is 360 g/mol. The molecule has 3 rings (SSSR count). The predicted octanol–water partition coefficient (Wildman–Crippen LogP) is 3.27. The molecule has 0 saturated carbocycles. The molecule has 0 aromatic heterocycles. The maximum atomic E-state index is 12.2. The second-order valence-electron chi connectivity index (χ2n) is 5.40. The summed E-state index contributed by atoms with van der Waals surface area (Å²) < 4.78 is 1.62. The molecular formula is C17H17ClN4O2S. The van der Waals surface area contributed by atoms with Crippen molar-refractivity contribution in [3.8, 4) is 0 Å². The van der Waals surface area contributed by atoms with Crippen LogP contribution in [0.2, 0.25) is 5.02 Å². The highest BCUT2D eigenvalue weighted by atomic mass is 35.5. The maximum absolute atomic E-state index is 12.2. The number of rotatable bonds is 5. The molecule has 0 aliphatic carbocycles. The van der Waals surface area contributed by atoms with E-state index in [1.165, 1.54) is 11.9 Å². The molecule has 1 fully saturated rings. The van der Waals surface area contributed by atoms with E-state index >= 15 is 0 Å². The van der Waals surface area contributed by atoms with Crippen LogP contribution in [0.1, 0.15) is 15.9 Å². The first-order chi connectivity index (χ1) is 12.0. The molecule has 1 saturated heterocycles. The van der Waals surface area contributed by atoms with Crippen LogP contribution in [0.3, 0.4) is 0 Å². The minimum atomic E-state index is -0.268. The van der Waals surface area contributed by atoms with Gasteiger partial charge in [0, 0.05) is 35.3 Å². The molecule has 1 unspecified atom stereocenters. The second-order valence-corrected chi connectivity index (χ2v) is 6.96. The molecule has 3 amide bonds. The normalized spacial score (nSPS) is 16.5. The van der Waals surface area contributed by atoms with Crippen molar-refractivity contribution in [1.29, 1.82) is 0 Å². The van der Waals surface area contributed by atoms with E-state index in [9.17, 15) is 9.59 Å². The first-order valence-electron chi connectivity index (χ1n) is 7.63. The highest BCUT2D eigenvalue weighted by Crippen LogP contribution is 2.27. The number of nitrogens with zero attached hydrogens (tertiary/aromatic N) is 1. The zero-order valence-electron chi connectivity index (χ0n) is 13.5. The molecule has 8 heteroatoms. The Bertz CT molecular complexity index is 784. The average Bonchev–Trinajstić information content (AvgIpc) is 2.95. The molecule has 1 atom stereocenters. The number of urea groups is 1. The van der Waals surface area contributed by atoms with Gasteiger partial charge in [-0.2, -0.15) is 0 Å². The van der Waals surface area contributed by atoms with Crippen molar-refractivity contribution in [1.82, 2.24) is 14.9 Å². The van der Waals surface area contributed by atoms with Crippen LogP contribution in [-0.2, 0) is 6.54 Å². The van der Waals surface area contributed by atoms with Gasteiger partial charge in [0.05, 0.1) is 6.54 Å². The summed E-state index contributed by atoms with van der Waals surface area (Å²) in [6, 6.07) is 14.3. The Labute approximate surface area is 155 Å². The van der Waals surface area contributed by atoms with Crippen LogP contribution in [0.25, 0.3) is 0 Å². The lowest BCUT2D eigenvalue weighted by Gasteiger charge is -2.15. The van der Waals surface area contributed by atoms with Gasteiger partial charge in [-0.15, -0.1) is 0 Å². The number of halogens is 1. The van der Waals surface area contributed by atoms with E-state index in [0.717, 1.165) is 11.3 Å². The van der Waals surface area contributed by atoms with Crippen LogP contribution >= 0.6 is 23.5 Å². The molecule has 3 N–H and O–H groups in total. The minimum Gasteiger partial charge on any atom is -0.355 e. The van der Waals surface area contributed by atoms with Crippen LogP contribution in [0, 0.1) is 0 Å². The van der Waals surface area contributed by atoms with E-state index in [1.54, 1.807) is 35.6 Å². The number of carbonyl (C=O) groups excluding carboxylic acids is 2. The molecule has 2 aromatic rings. The van der Waals surface area contributed by atoms with Gasteiger partial charge in [-0.25, -0.2) is 4.79 Å². The Morgan fingerprint density at radius 1 is 1.28 bits per heavy atom. The summed E-state index contributed by atoms with van der Waals surface area (Å²) in [5.41, 5.74) is 2.05. The lowest BCUT2D eigenvalue weighted by atomic mass is 10.1. The van der Waals surface area contributed by atoms with Gasteiger partial charge < -0.3 is 16.0 Å². The Morgan fingerprint density at radius 3 is 2.76 bits per heavy atom. The van der Waals surface area contributed by atoms with Crippen molar-refractivity contribution in [3.05, 3.63) is 64.7 Å². The Hall–Kier alpha value is -2.38. The largest absolute Gasteiger partial charge is 0.355 e. The third-order valence-corrected chi connectivity index (χ3v) is 4.85. The number of anilines is 1. The molecule has 25 heavy (non-hydrogen) atoms. The lowest BCUT2D eigenvalue weighted by molar-refractivity contribution is 0.0963. The third kappa shape index (κ3) is 4.37. The standard InChI is InChI=1S/C17H17ClN4O2S/c1-19-15(23)12-4-2-3-11(9-12)10-22-17(24)21-16(25-22)20-14-7-5-13(18)6-8-14/h2-9,16,20H,10H2,1H3,(H,19,23)(H,21,24). The summed E-state index contributed by atoms with van der Waals surface area (Å²) in [5, 5.41) is 9.33. The summed E-state index contributed by atoms with van der Waals surface area (Å²) in [4.78, 5) is 23.9. The van der Waals surface area contributed by atoms with Crippen LogP contribution in [-0.4, -0.2) is 28.8 Å². The molecule has 0 bridgehead atoms. The minimum absolute atomic E-state index is 0.150. The van der Waals surface area contributed by atoms with Crippen molar-refractivity contribution in [2.45, 2.75) is 12.0 Å². The topological polar surface area (TPSA) is 73.5 Å². The second kappa shape index (κ2) is 7.67. The van der Waals surface area contributed by atoms with Crippen molar-refractivity contribution in [2.75, 3.05) is 12.4 Å². The van der Waals surface area contributed by atoms with Crippen LogP contribution < -0.4 is 16.0 Å². The summed E-state index contributed by atoms with van der Waals surface area (Å²) in [5.74, 6) is -0.150. The van der Waals surface area contributed by atoms with E-state index in [4.69, 9.17) is 11.6 Å². The first-order valence-corrected chi connectivity index (χ1v) is 8.84. The summed E-state index contributed by atoms with van der Waals surface area (Å²) in [7, 11) is 1.59. The van der Waals surface area contributed by atoms with Gasteiger partial charge >= 0.3 is 6.03 Å². The number of nitrogens with one attached hydrogen (secondary N) is 3. The number of hydrogen-bond acceptors (Lipinski definition) is 4. The predicted molar refractivity (Wildman–Crippen MR) is 100 cm³/mol. The van der Waals surface area contributed by atoms with Crippen molar-refractivity contribution in [3.63, 3.8) is 0 Å². The van der Waals surface area contributed by atoms with E-state index < -0.39 is 0 Å². The zero-order chi connectivity index (χ0) is 17.8. The molecule has 6 nitrogen and oxygen atoms in total. The fraction of sp³-hybridized carbons (Fsp3) is 0.176. The SMILES string of the molecule is CNC(=O)c1cccc(CN2SC(Nc3ccc(Cl)cc3)NC2=O)c1. The van der Waals surface area contributed by atoms with Crippen molar-refractivity contribution in [2.24, 2.45) is 0 Å². The average molecular weight is 377 g/mol. The summed E-state index contributed by atoms with van der Waals surface area (Å²) in [6.07, 6.45) is 0. The quantitative estimate of drug-likeness (QED) is 0.700. The van der Waals surface area contributed by atoms with Gasteiger partial charge in [-0.05, 0) is 42.0 Å². The molecule has 2 aromatic carbocycles. The number of hydrogen-bond donors (Lipinski definition) is 3. The summed E-state index contributed by atoms with van der Waals surface area (Å²) in [6.45, 7) is 0.403. The van der Waals surface area contributed by atoms with Gasteiger partial charge in [-0.3, -0.25) is 9.10 Å². The van der Waals surface area contributed by atoms with Crippen molar-refractivity contribution >= 4 is 41.2 Å². The molecule has 1 aliphatic heterocycles. The van der Waals surface area contributed by atoms with Crippen LogP contribution in [0.5, 0.6) is 0 Å². The van der Waals surface area contributed by atoms with Gasteiger partial charge in [0.2, 0.25) is 0 Å². The monoisotopic (exact) mass is 376 g/mol. The van der Waals surface area contributed by atoms with Crippen molar-refractivity contribution < 1.29 is 9.59 Å². The number of benzene rings is 2. The smallest absolute Gasteiger partial charge is 0.330 e. The highest BCUT2D eigenvalue weighted by molar-refractivity contribution is 7.98. The van der Waals surface area contributed by atoms with Gasteiger partial charge in [0.15, 0.2) is 5.50 Å². The number of amides is 3. The van der Waals surface area contributed by atoms with E-state index in [2.05, 4.69) is 16.0 Å². The molecule has 0 spiro atoms. The van der Waals surface area contributed by atoms with E-state index in [0.29, 0.717) is 17.1 Å². The molecule has 1 aliphatic rings. The zero-order valence-corrected chi connectivity index (χ0v) is 15.0. The third-order valence-electron chi connectivity index (χ3n) is 3.60. The fourth-order valence-corrected chi connectivity index (χ4v) is 3.47. The lowest BCUT2D eigenvalue weighted by Crippen LogP contribution is -2.32. The van der Waals surface area contributed by atoms with Crippen LogP contribution in [0.4, 0.5) is 10.5 Å². The van der Waals surface area contributed by atoms with E-state index in [1.807, 2.05) is 24.3 Å². The molecule has 130 valence electrons. The maximum Gasteiger partial charge on any atom is 0.330 e. The first kappa shape index (κ1) is 17.4. The van der Waals surface area contributed by atoms with Gasteiger partial charge in [0.1, 0.15) is 0 Å². The fourth-order valence-electron chi connectivity index (χ4n) is 2.38. The molecule has 1 heterocycles. The Kier molecular flexibility index (Phi) is 5.35. The molecule has 0 radical (unpaired) electrons. The Morgan fingerprint density at radius 2 is 2.04 bits per heavy atom. The van der Waals surface area contributed by atoms with E-state index in [-0.39, 0.29) is 17.4 Å². The highest BCUT2D eigenvalue weighted by Gasteiger charge is 2.30. The van der Waals surface area contributed by atoms with Gasteiger partial charge in [-0.1, -0.05) is 23.7 Å². The number of carbonyl (C=O) groups is 2. The Balaban J connectivity index is 1.63. The summed E-state index contributed by atoms with van der Waals surface area (Å²) >= 11 is 7.23. The van der Waals surface area contributed by atoms with Gasteiger partial charge in [0.25, 0.3) is 5.91 Å².